The van der Waals surface area contributed by atoms with Gasteiger partial charge in [0.05, 0.1) is 17.0 Å². The molecule has 0 unspecified atom stereocenters. The van der Waals surface area contributed by atoms with Crippen LogP contribution in [0.1, 0.15) is 5.56 Å². The molecule has 0 radical (unpaired) electrons. The first-order valence-corrected chi connectivity index (χ1v) is 5.59. The van der Waals surface area contributed by atoms with Gasteiger partial charge in [0.1, 0.15) is 0 Å². The van der Waals surface area contributed by atoms with Crippen LogP contribution >= 0.6 is 0 Å². The third-order valence-corrected chi connectivity index (χ3v) is 3.03. The van der Waals surface area contributed by atoms with E-state index in [-0.39, 0.29) is 11.2 Å². The van der Waals surface area contributed by atoms with Crippen LogP contribution in [0.2, 0.25) is 0 Å². The van der Waals surface area contributed by atoms with E-state index in [2.05, 4.69) is 15.0 Å². The van der Waals surface area contributed by atoms with Crippen LogP contribution < -0.4 is 16.4 Å². The number of anilines is 1. The molecule has 0 atom stereocenters. The molecule has 2 heterocycles. The molecule has 0 aliphatic carbocycles. The molecule has 0 bridgehead atoms. The Bertz CT molecular complexity index is 885. The van der Waals surface area contributed by atoms with Gasteiger partial charge in [-0.15, -0.1) is 0 Å². The van der Waals surface area contributed by atoms with Crippen LogP contribution in [0.3, 0.4) is 0 Å². The predicted molar refractivity (Wildman–Crippen MR) is 68.7 cm³/mol. The van der Waals surface area contributed by atoms with E-state index in [0.717, 1.165) is 10.1 Å². The van der Waals surface area contributed by atoms with Crippen LogP contribution in [0.4, 0.5) is 5.69 Å². The standard InChI is InChI=1S/C12H11N5O2/c1-5-3-7-8(4-6(5)13)15-10-9(14-7)11(18)17(2)12(19)16-10/h3-4H,13H2,1-2H3,(H,15,16,19)/p-1. The monoisotopic (exact) mass is 256 g/mol. The predicted octanol–water partition coefficient (Wildman–Crippen LogP) is -0.159. The van der Waals surface area contributed by atoms with Crippen molar-refractivity contribution in [1.82, 2.24) is 19.5 Å². The number of nitrogens with two attached hydrogens (primary N) is 1. The average molecular weight is 256 g/mol. The lowest BCUT2D eigenvalue weighted by atomic mass is 10.2. The fourth-order valence-electron chi connectivity index (χ4n) is 1.85. The summed E-state index contributed by atoms with van der Waals surface area (Å²) >= 11 is 0. The van der Waals surface area contributed by atoms with Gasteiger partial charge in [0, 0.05) is 12.7 Å². The highest BCUT2D eigenvalue weighted by Gasteiger charge is 2.09. The fourth-order valence-corrected chi connectivity index (χ4v) is 1.85. The van der Waals surface area contributed by atoms with Crippen molar-refractivity contribution < 1.29 is 5.11 Å². The summed E-state index contributed by atoms with van der Waals surface area (Å²) in [6, 6.07) is 2.76. The van der Waals surface area contributed by atoms with Crippen molar-refractivity contribution in [2.24, 2.45) is 7.05 Å². The maximum absolute atomic E-state index is 11.9. The summed E-state index contributed by atoms with van der Waals surface area (Å²) in [5, 5.41) is 11.5. The molecule has 2 aromatic heterocycles. The number of hydrogen-bond acceptors (Lipinski definition) is 6. The molecule has 1 aromatic carbocycles. The lowest BCUT2D eigenvalue weighted by molar-refractivity contribution is -0.285. The highest BCUT2D eigenvalue weighted by atomic mass is 16.3. The minimum absolute atomic E-state index is 0.0452. The van der Waals surface area contributed by atoms with Crippen LogP contribution in [-0.2, 0) is 7.05 Å². The first-order valence-electron chi connectivity index (χ1n) is 5.59. The summed E-state index contributed by atoms with van der Waals surface area (Å²) in [4.78, 5) is 24.1. The van der Waals surface area contributed by atoms with Crippen LogP contribution in [-0.4, -0.2) is 19.5 Å². The maximum atomic E-state index is 11.9. The van der Waals surface area contributed by atoms with Crippen molar-refractivity contribution >= 4 is 27.9 Å². The van der Waals surface area contributed by atoms with Crippen molar-refractivity contribution in [1.29, 1.82) is 0 Å². The normalized spacial score (nSPS) is 11.3. The quantitative estimate of drug-likeness (QED) is 0.442. The minimum atomic E-state index is -0.647. The number of fused-ring (bicyclic) bond motifs is 2. The van der Waals surface area contributed by atoms with E-state index in [1.165, 1.54) is 7.05 Å². The Morgan fingerprint density at radius 1 is 1.21 bits per heavy atom. The van der Waals surface area contributed by atoms with Gasteiger partial charge in [-0.3, -0.25) is 4.79 Å². The summed E-state index contributed by atoms with van der Waals surface area (Å²) in [5.74, 6) is 0. The Hall–Kier alpha value is -2.70. The maximum Gasteiger partial charge on any atom is 0.280 e. The van der Waals surface area contributed by atoms with E-state index in [4.69, 9.17) is 5.73 Å². The summed E-state index contributed by atoms with van der Waals surface area (Å²) in [5.41, 5.74) is 7.92. The van der Waals surface area contributed by atoms with Gasteiger partial charge in [0.2, 0.25) is 0 Å². The Morgan fingerprint density at radius 2 is 1.89 bits per heavy atom. The van der Waals surface area contributed by atoms with E-state index < -0.39 is 11.6 Å². The molecule has 2 N–H and O–H groups in total. The summed E-state index contributed by atoms with van der Waals surface area (Å²) in [7, 11) is 1.36. The summed E-state index contributed by atoms with van der Waals surface area (Å²) < 4.78 is 0.910. The topological polar surface area (TPSA) is 110 Å². The Balaban J connectivity index is 2.52. The first-order chi connectivity index (χ1) is 8.97. The highest BCUT2D eigenvalue weighted by molar-refractivity contribution is 5.86. The highest BCUT2D eigenvalue weighted by Crippen LogP contribution is 2.19. The molecule has 7 nitrogen and oxygen atoms in total. The zero-order chi connectivity index (χ0) is 13.7. The molecular formula is C12H10N5O2-. The van der Waals surface area contributed by atoms with Gasteiger partial charge in [-0.05, 0) is 24.6 Å². The van der Waals surface area contributed by atoms with Crippen molar-refractivity contribution in [3.63, 3.8) is 0 Å². The van der Waals surface area contributed by atoms with E-state index in [1.807, 2.05) is 6.92 Å². The molecule has 0 amide bonds. The summed E-state index contributed by atoms with van der Waals surface area (Å²) in [6.45, 7) is 1.84. The number of aryl methyl sites for hydroxylation is 1. The van der Waals surface area contributed by atoms with Crippen LogP contribution in [0.5, 0.6) is 6.01 Å². The second-order valence-corrected chi connectivity index (χ2v) is 4.35. The first kappa shape index (κ1) is 11.4. The third-order valence-electron chi connectivity index (χ3n) is 3.03. The van der Waals surface area contributed by atoms with E-state index in [1.54, 1.807) is 12.1 Å². The lowest BCUT2D eigenvalue weighted by Gasteiger charge is -2.11. The molecule has 0 saturated carbocycles. The molecule has 0 aliphatic heterocycles. The molecular weight excluding hydrogens is 246 g/mol. The molecule has 19 heavy (non-hydrogen) atoms. The minimum Gasteiger partial charge on any atom is -0.846 e. The van der Waals surface area contributed by atoms with Gasteiger partial charge in [-0.1, -0.05) is 0 Å². The lowest BCUT2D eigenvalue weighted by Crippen LogP contribution is -2.23. The second-order valence-electron chi connectivity index (χ2n) is 4.35. The number of benzene rings is 1. The number of hydrogen-bond donors (Lipinski definition) is 1. The van der Waals surface area contributed by atoms with Gasteiger partial charge >= 0.3 is 0 Å². The van der Waals surface area contributed by atoms with Gasteiger partial charge in [-0.25, -0.2) is 15.0 Å². The van der Waals surface area contributed by atoms with Gasteiger partial charge < -0.3 is 15.4 Å². The summed E-state index contributed by atoms with van der Waals surface area (Å²) in [6.07, 6.45) is 0. The third kappa shape index (κ3) is 1.59. The van der Waals surface area contributed by atoms with E-state index in [9.17, 15) is 9.90 Å². The van der Waals surface area contributed by atoms with Gasteiger partial charge in [-0.2, -0.15) is 0 Å². The van der Waals surface area contributed by atoms with Crippen molar-refractivity contribution in [3.8, 4) is 6.01 Å². The molecule has 0 spiro atoms. The number of aromatic nitrogens is 4. The molecule has 7 heteroatoms. The van der Waals surface area contributed by atoms with Crippen molar-refractivity contribution in [2.45, 2.75) is 6.92 Å². The number of rotatable bonds is 0. The van der Waals surface area contributed by atoms with Crippen molar-refractivity contribution in [2.75, 3.05) is 5.73 Å². The van der Waals surface area contributed by atoms with Crippen LogP contribution in [0, 0.1) is 6.92 Å². The zero-order valence-electron chi connectivity index (χ0n) is 10.3. The number of nitrogens with zero attached hydrogens (tertiary/aromatic N) is 4. The zero-order valence-corrected chi connectivity index (χ0v) is 10.3. The molecule has 96 valence electrons. The molecule has 0 fully saturated rings. The number of nitrogen functional groups attached to an aromatic ring is 1. The Kier molecular flexibility index (Phi) is 2.19. The molecule has 3 rings (SSSR count). The van der Waals surface area contributed by atoms with Crippen LogP contribution in [0.15, 0.2) is 16.9 Å². The molecule has 0 aliphatic rings. The second kappa shape index (κ2) is 3.64. The molecule has 0 saturated heterocycles. The molecule has 3 aromatic rings. The van der Waals surface area contributed by atoms with Gasteiger partial charge in [0.15, 0.2) is 11.2 Å². The Labute approximate surface area is 107 Å². The van der Waals surface area contributed by atoms with E-state index >= 15 is 0 Å². The van der Waals surface area contributed by atoms with Gasteiger partial charge in [0.25, 0.3) is 5.56 Å². The average Bonchev–Trinajstić information content (AvgIpc) is 2.37. The fraction of sp³-hybridized carbons (Fsp3) is 0.167. The Morgan fingerprint density at radius 3 is 2.63 bits per heavy atom. The van der Waals surface area contributed by atoms with E-state index in [0.29, 0.717) is 16.7 Å². The smallest absolute Gasteiger partial charge is 0.280 e. The van der Waals surface area contributed by atoms with Crippen LogP contribution in [0.25, 0.3) is 22.2 Å². The SMILES string of the molecule is Cc1cc2nc3c(=O)n(C)c([O-])nc3nc2cc1N. The largest absolute Gasteiger partial charge is 0.846 e. The van der Waals surface area contributed by atoms with Crippen molar-refractivity contribution in [3.05, 3.63) is 28.0 Å².